The average molecular weight is 290 g/mol. The fourth-order valence-corrected chi connectivity index (χ4v) is 2.40. The van der Waals surface area contributed by atoms with Gasteiger partial charge in [0.15, 0.2) is 0 Å². The number of carbonyl (C=O) groups excluding carboxylic acids is 1. The molecule has 2 atom stereocenters. The molecule has 0 saturated carbocycles. The van der Waals surface area contributed by atoms with Gasteiger partial charge in [0.1, 0.15) is 5.75 Å². The van der Waals surface area contributed by atoms with E-state index in [-0.39, 0.29) is 18.0 Å². The normalized spacial score (nSPS) is 19.4. The molecule has 0 aromatic heterocycles. The number of hydrogen-bond acceptors (Lipinski definition) is 3. The predicted octanol–water partition coefficient (Wildman–Crippen LogP) is 3.08. The second kappa shape index (κ2) is 6.06. The monoisotopic (exact) mass is 290 g/mol. The van der Waals surface area contributed by atoms with Gasteiger partial charge >= 0.3 is 0 Å². The number of ether oxygens (including phenoxy) is 1. The molecule has 0 bridgehead atoms. The summed E-state index contributed by atoms with van der Waals surface area (Å²) in [5.41, 5.74) is 7.86. The zero-order valence-corrected chi connectivity index (χ0v) is 13.4. The number of benzene rings is 1. The van der Waals surface area contributed by atoms with E-state index in [0.29, 0.717) is 6.61 Å². The predicted molar refractivity (Wildman–Crippen MR) is 84.1 cm³/mol. The number of carbonyl (C=O) groups is 1. The van der Waals surface area contributed by atoms with Crippen molar-refractivity contribution in [2.75, 3.05) is 6.61 Å². The molecule has 0 spiro atoms. The fraction of sp³-hybridized carbons (Fsp3) is 0.588. The van der Waals surface area contributed by atoms with Gasteiger partial charge in [0.25, 0.3) is 0 Å². The van der Waals surface area contributed by atoms with E-state index in [1.165, 1.54) is 0 Å². The van der Waals surface area contributed by atoms with Gasteiger partial charge in [-0.05, 0) is 24.1 Å². The van der Waals surface area contributed by atoms with Crippen LogP contribution in [0.5, 0.6) is 5.75 Å². The van der Waals surface area contributed by atoms with Gasteiger partial charge in [-0.2, -0.15) is 0 Å². The van der Waals surface area contributed by atoms with Gasteiger partial charge in [-0.25, -0.2) is 0 Å². The second-order valence-electron chi connectivity index (χ2n) is 6.73. The third-order valence-corrected chi connectivity index (χ3v) is 3.93. The Balaban J connectivity index is 2.27. The summed E-state index contributed by atoms with van der Waals surface area (Å²) in [4.78, 5) is 12.2. The van der Waals surface area contributed by atoms with Crippen molar-refractivity contribution in [3.63, 3.8) is 0 Å². The lowest BCUT2D eigenvalue weighted by Gasteiger charge is -2.30. The maximum absolute atomic E-state index is 12.2. The molecule has 1 heterocycles. The molecule has 2 unspecified atom stereocenters. The van der Waals surface area contributed by atoms with Gasteiger partial charge in [-0.3, -0.25) is 4.79 Å². The van der Waals surface area contributed by atoms with Crippen LogP contribution in [0.1, 0.15) is 63.7 Å². The Kier molecular flexibility index (Phi) is 4.57. The van der Waals surface area contributed by atoms with E-state index in [4.69, 9.17) is 10.5 Å². The van der Waals surface area contributed by atoms with Gasteiger partial charge in [-0.1, -0.05) is 33.8 Å². The molecular weight excluding hydrogens is 264 g/mol. The van der Waals surface area contributed by atoms with Crippen LogP contribution in [0.25, 0.3) is 0 Å². The average Bonchev–Trinajstić information content (AvgIpc) is 2.45. The zero-order chi connectivity index (χ0) is 15.6. The number of nitrogens with two attached hydrogens (primary N) is 1. The summed E-state index contributed by atoms with van der Waals surface area (Å²) in [5.74, 6) is 0.915. The molecule has 116 valence electrons. The molecule has 2 rings (SSSR count). The van der Waals surface area contributed by atoms with E-state index in [2.05, 4.69) is 18.3 Å². The summed E-state index contributed by atoms with van der Waals surface area (Å²) in [6.07, 6.45) is 1.68. The van der Waals surface area contributed by atoms with Crippen molar-refractivity contribution in [1.82, 2.24) is 5.32 Å². The molecule has 1 aliphatic heterocycles. The van der Waals surface area contributed by atoms with E-state index in [9.17, 15) is 4.79 Å². The van der Waals surface area contributed by atoms with Crippen molar-refractivity contribution in [3.05, 3.63) is 29.3 Å². The summed E-state index contributed by atoms with van der Waals surface area (Å²) in [6.45, 7) is 8.46. The van der Waals surface area contributed by atoms with Gasteiger partial charge in [0.2, 0.25) is 5.91 Å². The summed E-state index contributed by atoms with van der Waals surface area (Å²) in [7, 11) is 0. The first kappa shape index (κ1) is 15.8. The van der Waals surface area contributed by atoms with E-state index in [1.807, 2.05) is 32.9 Å². The first-order valence-electron chi connectivity index (χ1n) is 7.66. The van der Waals surface area contributed by atoms with Gasteiger partial charge in [0, 0.05) is 23.4 Å². The van der Waals surface area contributed by atoms with E-state index >= 15 is 0 Å². The van der Waals surface area contributed by atoms with Gasteiger partial charge in [0.05, 0.1) is 12.6 Å². The molecular formula is C17H26N2O2. The molecule has 21 heavy (non-hydrogen) atoms. The lowest BCUT2D eigenvalue weighted by molar-refractivity contribution is -0.129. The molecule has 1 aliphatic rings. The number of rotatable bonds is 3. The van der Waals surface area contributed by atoms with Crippen molar-refractivity contribution in [3.8, 4) is 5.75 Å². The van der Waals surface area contributed by atoms with Crippen LogP contribution in [0.2, 0.25) is 0 Å². The van der Waals surface area contributed by atoms with Crippen LogP contribution < -0.4 is 15.8 Å². The van der Waals surface area contributed by atoms with Crippen LogP contribution >= 0.6 is 0 Å². The fourth-order valence-electron chi connectivity index (χ4n) is 2.40. The van der Waals surface area contributed by atoms with Crippen LogP contribution in [-0.4, -0.2) is 12.5 Å². The van der Waals surface area contributed by atoms with Crippen molar-refractivity contribution in [2.24, 2.45) is 11.1 Å². The van der Waals surface area contributed by atoms with Crippen LogP contribution in [0.3, 0.4) is 0 Å². The highest BCUT2D eigenvalue weighted by Gasteiger charge is 2.28. The Morgan fingerprint density at radius 2 is 2.19 bits per heavy atom. The van der Waals surface area contributed by atoms with Gasteiger partial charge in [-0.15, -0.1) is 0 Å². The molecule has 4 heteroatoms. The van der Waals surface area contributed by atoms with E-state index in [0.717, 1.165) is 29.7 Å². The van der Waals surface area contributed by atoms with Crippen molar-refractivity contribution in [2.45, 2.75) is 52.6 Å². The Bertz CT molecular complexity index is 520. The van der Waals surface area contributed by atoms with Crippen LogP contribution in [0, 0.1) is 5.41 Å². The largest absolute Gasteiger partial charge is 0.493 e. The lowest BCUT2D eigenvalue weighted by Crippen LogP contribution is -2.39. The van der Waals surface area contributed by atoms with Crippen LogP contribution in [0.4, 0.5) is 0 Å². The Labute approximate surface area is 127 Å². The van der Waals surface area contributed by atoms with Crippen molar-refractivity contribution >= 4 is 5.91 Å². The van der Waals surface area contributed by atoms with Crippen LogP contribution in [-0.2, 0) is 4.79 Å². The Morgan fingerprint density at radius 1 is 1.48 bits per heavy atom. The van der Waals surface area contributed by atoms with E-state index < -0.39 is 5.41 Å². The highest BCUT2D eigenvalue weighted by molar-refractivity contribution is 5.81. The highest BCUT2D eigenvalue weighted by Crippen LogP contribution is 2.34. The summed E-state index contributed by atoms with van der Waals surface area (Å²) in [6, 6.07) is 6.09. The summed E-state index contributed by atoms with van der Waals surface area (Å²) < 4.78 is 5.70. The smallest absolute Gasteiger partial charge is 0.225 e. The SMILES string of the molecule is CCC(N)c1ccc2c(c1)C(NC(=O)C(C)(C)C)CCO2. The molecule has 0 saturated heterocycles. The molecule has 3 N–H and O–H groups in total. The molecule has 1 amide bonds. The summed E-state index contributed by atoms with van der Waals surface area (Å²) in [5, 5.41) is 3.14. The number of hydrogen-bond donors (Lipinski definition) is 2. The van der Waals surface area contributed by atoms with Crippen molar-refractivity contribution in [1.29, 1.82) is 0 Å². The third-order valence-electron chi connectivity index (χ3n) is 3.93. The molecule has 0 fully saturated rings. The molecule has 4 nitrogen and oxygen atoms in total. The standard InChI is InChI=1S/C17H26N2O2/c1-5-13(18)11-6-7-15-12(10-11)14(8-9-21-15)19-16(20)17(2,3)4/h6-7,10,13-14H,5,8-9,18H2,1-4H3,(H,19,20). The maximum atomic E-state index is 12.2. The quantitative estimate of drug-likeness (QED) is 0.899. The topological polar surface area (TPSA) is 64.3 Å². The number of nitrogens with one attached hydrogen (secondary N) is 1. The molecule has 0 radical (unpaired) electrons. The first-order valence-corrected chi connectivity index (χ1v) is 7.66. The first-order chi connectivity index (χ1) is 9.82. The number of amides is 1. The minimum absolute atomic E-state index is 0.00415. The third kappa shape index (κ3) is 3.56. The minimum atomic E-state index is -0.393. The summed E-state index contributed by atoms with van der Waals surface area (Å²) >= 11 is 0. The Hall–Kier alpha value is -1.55. The molecule has 1 aromatic rings. The van der Waals surface area contributed by atoms with Crippen LogP contribution in [0.15, 0.2) is 18.2 Å². The number of fused-ring (bicyclic) bond motifs is 1. The lowest BCUT2D eigenvalue weighted by atomic mass is 9.92. The second-order valence-corrected chi connectivity index (χ2v) is 6.73. The van der Waals surface area contributed by atoms with E-state index in [1.54, 1.807) is 0 Å². The minimum Gasteiger partial charge on any atom is -0.493 e. The van der Waals surface area contributed by atoms with Gasteiger partial charge < -0.3 is 15.8 Å². The maximum Gasteiger partial charge on any atom is 0.225 e. The van der Waals surface area contributed by atoms with Crippen molar-refractivity contribution < 1.29 is 9.53 Å². The molecule has 1 aromatic carbocycles. The zero-order valence-electron chi connectivity index (χ0n) is 13.4. The highest BCUT2D eigenvalue weighted by atomic mass is 16.5. The Morgan fingerprint density at radius 3 is 2.81 bits per heavy atom. The molecule has 0 aliphatic carbocycles.